The Hall–Kier alpha value is -2.43. The highest BCUT2D eigenvalue weighted by Gasteiger charge is 2.17. The van der Waals surface area contributed by atoms with Gasteiger partial charge in [-0.2, -0.15) is 0 Å². The lowest BCUT2D eigenvalue weighted by atomic mass is 9.97. The van der Waals surface area contributed by atoms with Crippen LogP contribution in [0.5, 0.6) is 5.75 Å². The molecule has 4 heteroatoms. The number of hydrogen-bond donors (Lipinski definition) is 1. The van der Waals surface area contributed by atoms with Crippen LogP contribution in [0.4, 0.5) is 0 Å². The second-order valence-electron chi connectivity index (χ2n) is 5.78. The van der Waals surface area contributed by atoms with E-state index in [1.165, 1.54) is 16.9 Å². The normalized spacial score (nSPS) is 10.6. The summed E-state index contributed by atoms with van der Waals surface area (Å²) in [5.74, 6) is 0.635. The summed E-state index contributed by atoms with van der Waals surface area (Å²) in [4.78, 5) is 13.7. The van der Waals surface area contributed by atoms with Crippen LogP contribution in [0.3, 0.4) is 0 Å². The number of rotatable bonds is 7. The molecule has 2 aromatic carbocycles. The van der Waals surface area contributed by atoms with Crippen LogP contribution in [0.1, 0.15) is 20.8 Å². The van der Waals surface area contributed by atoms with Crippen LogP contribution < -0.4 is 10.1 Å². The monoisotopic (exact) mass is 351 g/mol. The van der Waals surface area contributed by atoms with Crippen molar-refractivity contribution in [3.63, 3.8) is 0 Å². The van der Waals surface area contributed by atoms with Crippen LogP contribution in [0.2, 0.25) is 0 Å². The number of thiophene rings is 1. The zero-order chi connectivity index (χ0) is 17.6. The lowest BCUT2D eigenvalue weighted by Gasteiger charge is -2.13. The molecule has 0 amide bonds. The number of ether oxygens (including phenoxy) is 1. The van der Waals surface area contributed by atoms with E-state index in [4.69, 9.17) is 4.74 Å². The highest BCUT2D eigenvalue weighted by Crippen LogP contribution is 2.31. The molecule has 1 N–H and O–H groups in total. The fraction of sp³-hybridized carbons (Fsp3) is 0.190. The Morgan fingerprint density at radius 2 is 1.96 bits per heavy atom. The van der Waals surface area contributed by atoms with Gasteiger partial charge in [-0.25, -0.2) is 0 Å². The van der Waals surface area contributed by atoms with Crippen molar-refractivity contribution in [2.24, 2.45) is 0 Å². The van der Waals surface area contributed by atoms with Crippen LogP contribution in [-0.4, -0.2) is 26.0 Å². The number of nitrogens with one attached hydrogen (secondary N) is 1. The molecule has 1 heterocycles. The number of benzene rings is 2. The van der Waals surface area contributed by atoms with Crippen LogP contribution in [0.15, 0.2) is 60.0 Å². The molecule has 128 valence electrons. The van der Waals surface area contributed by atoms with Crippen molar-refractivity contribution >= 4 is 17.1 Å². The van der Waals surface area contributed by atoms with Gasteiger partial charge in [0, 0.05) is 6.54 Å². The van der Waals surface area contributed by atoms with E-state index in [-0.39, 0.29) is 5.78 Å². The topological polar surface area (TPSA) is 38.3 Å². The molecule has 0 saturated carbocycles. The van der Waals surface area contributed by atoms with Crippen molar-refractivity contribution < 1.29 is 9.53 Å². The molecule has 0 unspecified atom stereocenters. The molecule has 3 nitrogen and oxygen atoms in total. The summed E-state index contributed by atoms with van der Waals surface area (Å²) in [6.45, 7) is 3.32. The first-order valence-corrected chi connectivity index (χ1v) is 9.14. The minimum Gasteiger partial charge on any atom is -0.491 e. The Morgan fingerprint density at radius 3 is 2.68 bits per heavy atom. The predicted octanol–water partition coefficient (Wildman–Crippen LogP) is 4.55. The van der Waals surface area contributed by atoms with Gasteiger partial charge in [-0.1, -0.05) is 36.4 Å². The summed E-state index contributed by atoms with van der Waals surface area (Å²) in [7, 11) is 1.88. The zero-order valence-corrected chi connectivity index (χ0v) is 15.2. The SMILES string of the molecule is CNCCOc1ccc(-c2ccccc2C)cc1C(=O)c1cccs1. The van der Waals surface area contributed by atoms with E-state index in [1.807, 2.05) is 54.9 Å². The number of likely N-dealkylation sites (N-methyl/N-ethyl adjacent to an activating group) is 1. The number of carbonyl (C=O) groups is 1. The number of ketones is 1. The molecule has 1 aromatic heterocycles. The Balaban J connectivity index is 2.02. The molecule has 3 rings (SSSR count). The average Bonchev–Trinajstić information content (AvgIpc) is 3.17. The van der Waals surface area contributed by atoms with Crippen LogP contribution in [-0.2, 0) is 0 Å². The van der Waals surface area contributed by atoms with Gasteiger partial charge in [-0.3, -0.25) is 4.79 Å². The fourth-order valence-corrected chi connectivity index (χ4v) is 3.38. The Bertz CT molecular complexity index is 856. The third kappa shape index (κ3) is 3.98. The number of hydrogen-bond acceptors (Lipinski definition) is 4. The van der Waals surface area contributed by atoms with Crippen molar-refractivity contribution in [3.05, 3.63) is 76.0 Å². The number of carbonyl (C=O) groups excluding carboxylic acids is 1. The van der Waals surface area contributed by atoms with E-state index in [2.05, 4.69) is 24.4 Å². The van der Waals surface area contributed by atoms with Gasteiger partial charge >= 0.3 is 0 Å². The van der Waals surface area contributed by atoms with E-state index in [9.17, 15) is 4.79 Å². The van der Waals surface area contributed by atoms with Gasteiger partial charge in [0.2, 0.25) is 5.78 Å². The van der Waals surface area contributed by atoms with E-state index in [1.54, 1.807) is 0 Å². The zero-order valence-electron chi connectivity index (χ0n) is 14.4. The minimum absolute atomic E-state index is 0.00453. The first-order valence-electron chi connectivity index (χ1n) is 8.26. The van der Waals surface area contributed by atoms with Gasteiger partial charge in [-0.05, 0) is 54.2 Å². The second kappa shape index (κ2) is 8.10. The Morgan fingerprint density at radius 1 is 1.12 bits per heavy atom. The van der Waals surface area contributed by atoms with Gasteiger partial charge < -0.3 is 10.1 Å². The highest BCUT2D eigenvalue weighted by molar-refractivity contribution is 7.12. The minimum atomic E-state index is 0.00453. The largest absolute Gasteiger partial charge is 0.491 e. The van der Waals surface area contributed by atoms with Crippen molar-refractivity contribution in [1.29, 1.82) is 0 Å². The quantitative estimate of drug-likeness (QED) is 0.501. The smallest absolute Gasteiger partial charge is 0.206 e. The molecule has 0 aliphatic carbocycles. The van der Waals surface area contributed by atoms with Crippen LogP contribution in [0, 0.1) is 6.92 Å². The average molecular weight is 351 g/mol. The van der Waals surface area contributed by atoms with Crippen LogP contribution >= 0.6 is 11.3 Å². The molecule has 0 aliphatic rings. The molecule has 0 spiro atoms. The molecular weight excluding hydrogens is 330 g/mol. The summed E-state index contributed by atoms with van der Waals surface area (Å²) in [5, 5.41) is 4.97. The standard InChI is InChI=1S/C21H21NO2S/c1-15-6-3-4-7-17(15)16-9-10-19(24-12-11-22-2)18(14-16)21(23)20-8-5-13-25-20/h3-10,13-14,22H,11-12H2,1-2H3. The molecular formula is C21H21NO2S. The maximum Gasteiger partial charge on any atom is 0.206 e. The first kappa shape index (κ1) is 17.4. The molecule has 0 radical (unpaired) electrons. The first-order chi connectivity index (χ1) is 12.2. The Labute approximate surface area is 152 Å². The van der Waals surface area contributed by atoms with Gasteiger partial charge in [0.15, 0.2) is 0 Å². The molecule has 3 aromatic rings. The molecule has 0 atom stereocenters. The third-order valence-corrected chi connectivity index (χ3v) is 4.90. The summed E-state index contributed by atoms with van der Waals surface area (Å²) >= 11 is 1.45. The molecule has 25 heavy (non-hydrogen) atoms. The maximum absolute atomic E-state index is 12.9. The third-order valence-electron chi connectivity index (χ3n) is 4.03. The molecule has 0 saturated heterocycles. The summed E-state index contributed by atoms with van der Waals surface area (Å²) in [6.07, 6.45) is 0. The van der Waals surface area contributed by atoms with E-state index in [0.29, 0.717) is 17.9 Å². The number of aryl methyl sites for hydroxylation is 1. The summed E-state index contributed by atoms with van der Waals surface area (Å²) < 4.78 is 5.84. The summed E-state index contributed by atoms with van der Waals surface area (Å²) in [5.41, 5.74) is 3.95. The van der Waals surface area contributed by atoms with Crippen molar-refractivity contribution in [2.45, 2.75) is 6.92 Å². The fourth-order valence-electron chi connectivity index (χ4n) is 2.70. The van der Waals surface area contributed by atoms with Crippen LogP contribution in [0.25, 0.3) is 11.1 Å². The van der Waals surface area contributed by atoms with Crippen molar-refractivity contribution in [2.75, 3.05) is 20.2 Å². The van der Waals surface area contributed by atoms with Crippen molar-refractivity contribution in [3.8, 4) is 16.9 Å². The van der Waals surface area contributed by atoms with E-state index in [0.717, 1.165) is 22.5 Å². The van der Waals surface area contributed by atoms with Gasteiger partial charge in [-0.15, -0.1) is 11.3 Å². The predicted molar refractivity (Wildman–Crippen MR) is 104 cm³/mol. The lowest BCUT2D eigenvalue weighted by molar-refractivity contribution is 0.103. The van der Waals surface area contributed by atoms with Crippen molar-refractivity contribution in [1.82, 2.24) is 5.32 Å². The van der Waals surface area contributed by atoms with E-state index < -0.39 is 0 Å². The Kier molecular flexibility index (Phi) is 5.64. The highest BCUT2D eigenvalue weighted by atomic mass is 32.1. The molecule has 0 aliphatic heterocycles. The maximum atomic E-state index is 12.9. The second-order valence-corrected chi connectivity index (χ2v) is 6.73. The lowest BCUT2D eigenvalue weighted by Crippen LogP contribution is -2.17. The van der Waals surface area contributed by atoms with Gasteiger partial charge in [0.05, 0.1) is 10.4 Å². The van der Waals surface area contributed by atoms with Gasteiger partial charge in [0.1, 0.15) is 12.4 Å². The van der Waals surface area contributed by atoms with E-state index >= 15 is 0 Å². The molecule has 0 fully saturated rings. The van der Waals surface area contributed by atoms with Gasteiger partial charge in [0.25, 0.3) is 0 Å². The molecule has 0 bridgehead atoms. The summed E-state index contributed by atoms with van der Waals surface area (Å²) in [6, 6.07) is 17.8.